The lowest BCUT2D eigenvalue weighted by atomic mass is 9.81. The fourth-order valence-electron chi connectivity index (χ4n) is 2.86. The van der Waals surface area contributed by atoms with Gasteiger partial charge < -0.3 is 14.7 Å². The largest absolute Gasteiger partial charge is 0.444 e. The second-order valence-electron chi connectivity index (χ2n) is 6.82. The maximum Gasteiger partial charge on any atom is 0.410 e. The highest BCUT2D eigenvalue weighted by Crippen LogP contribution is 2.34. The fraction of sp³-hybridized carbons (Fsp3) is 0.588. The normalized spacial score (nSPS) is 22.5. The SMILES string of the molecule is CC(C)(C)OC(=O)N1CC[C@@H](c2ccc(Br)cc2)[C@H](CO)C1. The number of aliphatic hydroxyl groups excluding tert-OH is 1. The Hall–Kier alpha value is -1.07. The molecule has 4 nitrogen and oxygen atoms in total. The van der Waals surface area contributed by atoms with Crippen LogP contribution in [0.15, 0.2) is 28.7 Å². The second kappa shape index (κ2) is 7.01. The van der Waals surface area contributed by atoms with E-state index in [0.29, 0.717) is 13.1 Å². The van der Waals surface area contributed by atoms with Gasteiger partial charge in [-0.25, -0.2) is 4.79 Å². The van der Waals surface area contributed by atoms with E-state index in [9.17, 15) is 9.90 Å². The molecule has 22 heavy (non-hydrogen) atoms. The molecule has 2 rings (SSSR count). The Labute approximate surface area is 140 Å². The lowest BCUT2D eigenvalue weighted by Gasteiger charge is -2.38. The van der Waals surface area contributed by atoms with Crippen LogP contribution in [0.5, 0.6) is 0 Å². The highest BCUT2D eigenvalue weighted by Gasteiger charge is 2.33. The van der Waals surface area contributed by atoms with Crippen molar-refractivity contribution >= 4 is 22.0 Å². The van der Waals surface area contributed by atoms with Crippen molar-refractivity contribution in [1.82, 2.24) is 4.90 Å². The molecule has 0 radical (unpaired) electrons. The Morgan fingerprint density at radius 2 is 2.00 bits per heavy atom. The molecule has 5 heteroatoms. The number of piperidine rings is 1. The molecule has 1 fully saturated rings. The maximum atomic E-state index is 12.2. The van der Waals surface area contributed by atoms with E-state index in [0.717, 1.165) is 10.9 Å². The van der Waals surface area contributed by atoms with Crippen LogP contribution in [0.3, 0.4) is 0 Å². The first kappa shape index (κ1) is 17.3. The Morgan fingerprint density at radius 1 is 1.36 bits per heavy atom. The van der Waals surface area contributed by atoms with Gasteiger partial charge in [-0.1, -0.05) is 28.1 Å². The first-order valence-electron chi connectivity index (χ1n) is 7.64. The number of rotatable bonds is 2. The third-order valence-corrected chi connectivity index (χ3v) is 4.45. The zero-order chi connectivity index (χ0) is 16.3. The maximum absolute atomic E-state index is 12.2. The van der Waals surface area contributed by atoms with E-state index in [1.807, 2.05) is 32.9 Å². The monoisotopic (exact) mass is 369 g/mol. The molecule has 0 aliphatic carbocycles. The molecule has 2 atom stereocenters. The zero-order valence-corrected chi connectivity index (χ0v) is 15.0. The van der Waals surface area contributed by atoms with Crippen molar-refractivity contribution in [3.8, 4) is 0 Å². The van der Waals surface area contributed by atoms with Crippen LogP contribution in [0.4, 0.5) is 4.79 Å². The van der Waals surface area contributed by atoms with E-state index < -0.39 is 5.60 Å². The van der Waals surface area contributed by atoms with E-state index in [1.54, 1.807) is 4.90 Å². The molecule has 1 saturated heterocycles. The molecular weight excluding hydrogens is 346 g/mol. The van der Waals surface area contributed by atoms with Crippen LogP contribution in [0.1, 0.15) is 38.7 Å². The van der Waals surface area contributed by atoms with Crippen molar-refractivity contribution in [2.45, 2.75) is 38.7 Å². The number of benzene rings is 1. The smallest absolute Gasteiger partial charge is 0.410 e. The summed E-state index contributed by atoms with van der Waals surface area (Å²) in [5.74, 6) is 0.319. The summed E-state index contributed by atoms with van der Waals surface area (Å²) in [6, 6.07) is 8.20. The molecule has 122 valence electrons. The summed E-state index contributed by atoms with van der Waals surface area (Å²) in [5, 5.41) is 9.72. The number of ether oxygens (including phenoxy) is 1. The van der Waals surface area contributed by atoms with Crippen LogP contribution in [-0.2, 0) is 4.74 Å². The Bertz CT molecular complexity index is 510. The number of likely N-dealkylation sites (tertiary alicyclic amines) is 1. The predicted octanol–water partition coefficient (Wildman–Crippen LogP) is 3.78. The second-order valence-corrected chi connectivity index (χ2v) is 7.73. The minimum absolute atomic E-state index is 0.0439. The van der Waals surface area contributed by atoms with Crippen molar-refractivity contribution in [3.63, 3.8) is 0 Å². The Kier molecular flexibility index (Phi) is 5.50. The van der Waals surface area contributed by atoms with Crippen molar-refractivity contribution in [3.05, 3.63) is 34.3 Å². The first-order chi connectivity index (χ1) is 10.3. The van der Waals surface area contributed by atoms with Crippen molar-refractivity contribution in [2.75, 3.05) is 19.7 Å². The van der Waals surface area contributed by atoms with Gasteiger partial charge in [-0.15, -0.1) is 0 Å². The van der Waals surface area contributed by atoms with Gasteiger partial charge in [-0.05, 0) is 50.8 Å². The summed E-state index contributed by atoms with van der Waals surface area (Å²) < 4.78 is 6.47. The summed E-state index contributed by atoms with van der Waals surface area (Å²) in [6.07, 6.45) is 0.548. The average molecular weight is 370 g/mol. The Balaban J connectivity index is 2.05. The average Bonchev–Trinajstić information content (AvgIpc) is 2.45. The van der Waals surface area contributed by atoms with E-state index in [-0.39, 0.29) is 24.5 Å². The molecule has 1 N–H and O–H groups in total. The predicted molar refractivity (Wildman–Crippen MR) is 89.9 cm³/mol. The molecule has 1 aromatic carbocycles. The number of aliphatic hydroxyl groups is 1. The van der Waals surface area contributed by atoms with E-state index >= 15 is 0 Å². The van der Waals surface area contributed by atoms with Gasteiger partial charge in [-0.3, -0.25) is 0 Å². The standard InChI is InChI=1S/C17H24BrNO3/c1-17(2,3)22-16(21)19-9-8-15(13(10-19)11-20)12-4-6-14(18)7-5-12/h4-7,13,15,20H,8-11H2,1-3H3/t13-,15-/m0/s1. The number of hydrogen-bond donors (Lipinski definition) is 1. The van der Waals surface area contributed by atoms with Crippen LogP contribution in [0, 0.1) is 5.92 Å². The molecule has 0 saturated carbocycles. The molecule has 0 unspecified atom stereocenters. The van der Waals surface area contributed by atoms with Crippen LogP contribution in [0.25, 0.3) is 0 Å². The van der Waals surface area contributed by atoms with Crippen LogP contribution in [0.2, 0.25) is 0 Å². The van der Waals surface area contributed by atoms with Gasteiger partial charge in [0.1, 0.15) is 5.60 Å². The lowest BCUT2D eigenvalue weighted by Crippen LogP contribution is -2.46. The van der Waals surface area contributed by atoms with E-state index in [4.69, 9.17) is 4.74 Å². The molecule has 1 aliphatic heterocycles. The van der Waals surface area contributed by atoms with Gasteiger partial charge in [0.25, 0.3) is 0 Å². The van der Waals surface area contributed by atoms with Crippen LogP contribution in [-0.4, -0.2) is 41.4 Å². The van der Waals surface area contributed by atoms with Crippen molar-refractivity contribution in [1.29, 1.82) is 0 Å². The summed E-state index contributed by atoms with van der Waals surface area (Å²) in [5.41, 5.74) is 0.722. The number of carbonyl (C=O) groups is 1. The van der Waals surface area contributed by atoms with Gasteiger partial charge in [-0.2, -0.15) is 0 Å². The highest BCUT2D eigenvalue weighted by atomic mass is 79.9. The highest BCUT2D eigenvalue weighted by molar-refractivity contribution is 9.10. The molecule has 0 aromatic heterocycles. The minimum atomic E-state index is -0.492. The molecule has 1 aliphatic rings. The third kappa shape index (κ3) is 4.46. The topological polar surface area (TPSA) is 49.8 Å². The van der Waals surface area contributed by atoms with Crippen LogP contribution < -0.4 is 0 Å². The summed E-state index contributed by atoms with van der Waals surface area (Å²) >= 11 is 3.44. The number of carbonyl (C=O) groups excluding carboxylic acids is 1. The lowest BCUT2D eigenvalue weighted by molar-refractivity contribution is 0.0102. The number of nitrogens with zero attached hydrogens (tertiary/aromatic N) is 1. The van der Waals surface area contributed by atoms with Crippen molar-refractivity contribution in [2.24, 2.45) is 5.92 Å². The van der Waals surface area contributed by atoms with Gasteiger partial charge >= 0.3 is 6.09 Å². The number of hydrogen-bond acceptors (Lipinski definition) is 3. The van der Waals surface area contributed by atoms with Crippen molar-refractivity contribution < 1.29 is 14.6 Å². The molecule has 1 amide bonds. The van der Waals surface area contributed by atoms with E-state index in [1.165, 1.54) is 5.56 Å². The van der Waals surface area contributed by atoms with E-state index in [2.05, 4.69) is 28.1 Å². The van der Waals surface area contributed by atoms with Gasteiger partial charge in [0.15, 0.2) is 0 Å². The molecule has 1 aromatic rings. The minimum Gasteiger partial charge on any atom is -0.444 e. The summed E-state index contributed by atoms with van der Waals surface area (Å²) in [6.45, 7) is 6.85. The van der Waals surface area contributed by atoms with Gasteiger partial charge in [0, 0.05) is 30.1 Å². The fourth-order valence-corrected chi connectivity index (χ4v) is 3.12. The quantitative estimate of drug-likeness (QED) is 0.862. The summed E-state index contributed by atoms with van der Waals surface area (Å²) in [7, 11) is 0. The third-order valence-electron chi connectivity index (χ3n) is 3.92. The molecule has 0 bridgehead atoms. The summed E-state index contributed by atoms with van der Waals surface area (Å²) in [4.78, 5) is 13.9. The molecule has 0 spiro atoms. The van der Waals surface area contributed by atoms with Gasteiger partial charge in [0.2, 0.25) is 0 Å². The molecule has 1 heterocycles. The number of amides is 1. The van der Waals surface area contributed by atoms with Crippen LogP contribution >= 0.6 is 15.9 Å². The molecular formula is C17H24BrNO3. The first-order valence-corrected chi connectivity index (χ1v) is 8.43. The van der Waals surface area contributed by atoms with Gasteiger partial charge in [0.05, 0.1) is 0 Å². The number of halogens is 1. The Morgan fingerprint density at radius 3 is 2.55 bits per heavy atom. The zero-order valence-electron chi connectivity index (χ0n) is 13.4.